The molecule has 0 fully saturated rings. The fourth-order valence-electron chi connectivity index (χ4n) is 3.99. The van der Waals surface area contributed by atoms with Crippen LogP contribution in [0.1, 0.15) is 50.4 Å². The number of nitrogens with one attached hydrogen (secondary N) is 3. The van der Waals surface area contributed by atoms with Crippen LogP contribution in [0, 0.1) is 6.92 Å². The maximum absolute atomic E-state index is 13.1. The molecular formula is C23H22F3N3O2. The van der Waals surface area contributed by atoms with E-state index in [1.807, 2.05) is 17.4 Å². The van der Waals surface area contributed by atoms with E-state index in [4.69, 9.17) is 0 Å². The molecule has 8 heteroatoms. The van der Waals surface area contributed by atoms with Crippen LogP contribution in [0.5, 0.6) is 0 Å². The summed E-state index contributed by atoms with van der Waals surface area (Å²) in [6.07, 6.45) is -0.318. The number of rotatable bonds is 4. The highest BCUT2D eigenvalue weighted by molar-refractivity contribution is 6.13. The van der Waals surface area contributed by atoms with Crippen molar-refractivity contribution in [2.75, 3.05) is 11.9 Å². The number of fused-ring (bicyclic) bond motifs is 3. The van der Waals surface area contributed by atoms with Crippen molar-refractivity contribution < 1.29 is 22.8 Å². The Hall–Kier alpha value is -3.29. The number of aryl methyl sites for hydroxylation is 3. The highest BCUT2D eigenvalue weighted by atomic mass is 19.4. The number of benzene rings is 2. The number of hydrogen-bond donors (Lipinski definition) is 3. The monoisotopic (exact) mass is 429 g/mol. The van der Waals surface area contributed by atoms with Crippen LogP contribution in [-0.2, 0) is 12.8 Å². The number of hydrogen-bond acceptors (Lipinski definition) is 2. The average molecular weight is 429 g/mol. The number of para-hydroxylation sites is 1. The summed E-state index contributed by atoms with van der Waals surface area (Å²) in [7, 11) is 0. The Morgan fingerprint density at radius 2 is 1.84 bits per heavy atom. The summed E-state index contributed by atoms with van der Waals surface area (Å²) < 4.78 is 37.1. The summed E-state index contributed by atoms with van der Waals surface area (Å²) in [4.78, 5) is 28.5. The SMILES string of the molecule is Cc1ccc(C(=O)NCC(F)(F)F)cc1NC(=O)c1cccc2c3c([nH]c12)CCCC3. The van der Waals surface area contributed by atoms with Crippen molar-refractivity contribution in [1.82, 2.24) is 10.3 Å². The summed E-state index contributed by atoms with van der Waals surface area (Å²) >= 11 is 0. The predicted molar refractivity (Wildman–Crippen MR) is 112 cm³/mol. The molecule has 1 aliphatic rings. The number of alkyl halides is 3. The zero-order chi connectivity index (χ0) is 22.2. The van der Waals surface area contributed by atoms with Crippen LogP contribution < -0.4 is 10.6 Å². The van der Waals surface area contributed by atoms with Crippen LogP contribution in [0.2, 0.25) is 0 Å². The molecule has 0 bridgehead atoms. The fraction of sp³-hybridized carbons (Fsp3) is 0.304. The normalized spacial score (nSPS) is 13.7. The summed E-state index contributed by atoms with van der Waals surface area (Å²) in [5, 5.41) is 5.69. The number of carbonyl (C=O) groups is 2. The van der Waals surface area contributed by atoms with Crippen molar-refractivity contribution >= 4 is 28.4 Å². The second-order valence-electron chi connectivity index (χ2n) is 7.80. The van der Waals surface area contributed by atoms with Crippen molar-refractivity contribution in [2.24, 2.45) is 0 Å². The number of amides is 2. The summed E-state index contributed by atoms with van der Waals surface area (Å²) in [5.41, 5.74) is 4.80. The molecule has 162 valence electrons. The van der Waals surface area contributed by atoms with E-state index < -0.39 is 18.6 Å². The molecule has 2 aromatic carbocycles. The Morgan fingerprint density at radius 1 is 1.06 bits per heavy atom. The predicted octanol–water partition coefficient (Wildman–Crippen LogP) is 4.90. The molecule has 1 heterocycles. The third-order valence-corrected chi connectivity index (χ3v) is 5.58. The largest absolute Gasteiger partial charge is 0.405 e. The van der Waals surface area contributed by atoms with Crippen molar-refractivity contribution in [3.8, 4) is 0 Å². The third kappa shape index (κ3) is 4.42. The number of aromatic amines is 1. The minimum Gasteiger partial charge on any atom is -0.358 e. The van der Waals surface area contributed by atoms with Gasteiger partial charge < -0.3 is 15.6 Å². The van der Waals surface area contributed by atoms with Crippen molar-refractivity contribution in [3.63, 3.8) is 0 Å². The second-order valence-corrected chi connectivity index (χ2v) is 7.80. The molecule has 3 aromatic rings. The van der Waals surface area contributed by atoms with E-state index in [9.17, 15) is 22.8 Å². The highest BCUT2D eigenvalue weighted by Crippen LogP contribution is 2.31. The number of halogens is 3. The molecule has 3 N–H and O–H groups in total. The number of aromatic nitrogens is 1. The smallest absolute Gasteiger partial charge is 0.358 e. The number of H-pyrrole nitrogens is 1. The lowest BCUT2D eigenvalue weighted by Gasteiger charge is -2.12. The average Bonchev–Trinajstić information content (AvgIpc) is 3.11. The van der Waals surface area contributed by atoms with Gasteiger partial charge in [0, 0.05) is 22.3 Å². The van der Waals surface area contributed by atoms with Gasteiger partial charge in [0.05, 0.1) is 11.1 Å². The molecule has 31 heavy (non-hydrogen) atoms. The van der Waals surface area contributed by atoms with E-state index >= 15 is 0 Å². The molecule has 2 amide bonds. The standard InChI is InChI=1S/C23H22F3N3O2/c1-13-9-10-14(21(30)27-12-23(24,25)26)11-19(13)29-22(31)17-7-4-6-16-15-5-2-3-8-18(15)28-20(16)17/h4,6-7,9-11,28H,2-3,5,8,12H2,1H3,(H,27,30)(H,29,31). The number of anilines is 1. The Balaban J connectivity index is 1.59. The Kier molecular flexibility index (Phi) is 5.47. The Morgan fingerprint density at radius 3 is 2.61 bits per heavy atom. The summed E-state index contributed by atoms with van der Waals surface area (Å²) in [5.74, 6) is -1.20. The molecule has 0 radical (unpaired) electrons. The van der Waals surface area contributed by atoms with Gasteiger partial charge in [-0.05, 0) is 61.9 Å². The topological polar surface area (TPSA) is 74.0 Å². The van der Waals surface area contributed by atoms with Crippen molar-refractivity contribution in [3.05, 3.63) is 64.3 Å². The lowest BCUT2D eigenvalue weighted by atomic mass is 9.95. The third-order valence-electron chi connectivity index (χ3n) is 5.58. The molecule has 0 unspecified atom stereocenters. The van der Waals surface area contributed by atoms with Crippen molar-refractivity contribution in [2.45, 2.75) is 38.8 Å². The van der Waals surface area contributed by atoms with E-state index in [2.05, 4.69) is 10.3 Å². The van der Waals surface area contributed by atoms with Crippen LogP contribution in [0.25, 0.3) is 10.9 Å². The maximum atomic E-state index is 13.1. The van der Waals surface area contributed by atoms with E-state index in [1.165, 1.54) is 23.4 Å². The van der Waals surface area contributed by atoms with Gasteiger partial charge in [-0.2, -0.15) is 13.2 Å². The van der Waals surface area contributed by atoms with Crippen LogP contribution >= 0.6 is 0 Å². The number of carbonyl (C=O) groups excluding carboxylic acids is 2. The first-order valence-corrected chi connectivity index (χ1v) is 10.1. The minimum atomic E-state index is -4.49. The molecule has 0 spiro atoms. The Bertz CT molecular complexity index is 1160. The zero-order valence-electron chi connectivity index (χ0n) is 17.0. The summed E-state index contributed by atoms with van der Waals surface area (Å²) in [6, 6.07) is 9.98. The van der Waals surface area contributed by atoms with Gasteiger partial charge in [0.1, 0.15) is 6.54 Å². The quantitative estimate of drug-likeness (QED) is 0.552. The van der Waals surface area contributed by atoms with Gasteiger partial charge in [-0.25, -0.2) is 0 Å². The van der Waals surface area contributed by atoms with Crippen LogP contribution in [0.3, 0.4) is 0 Å². The van der Waals surface area contributed by atoms with E-state index in [-0.39, 0.29) is 11.5 Å². The maximum Gasteiger partial charge on any atom is 0.405 e. The lowest BCUT2D eigenvalue weighted by molar-refractivity contribution is -0.123. The van der Waals surface area contributed by atoms with Gasteiger partial charge in [0.2, 0.25) is 0 Å². The van der Waals surface area contributed by atoms with E-state index in [0.717, 1.165) is 36.6 Å². The van der Waals surface area contributed by atoms with Crippen LogP contribution in [0.4, 0.5) is 18.9 Å². The van der Waals surface area contributed by atoms with Gasteiger partial charge in [-0.1, -0.05) is 18.2 Å². The minimum absolute atomic E-state index is 0.0405. The second kappa shape index (κ2) is 8.09. The Labute approximate surface area is 177 Å². The first-order valence-electron chi connectivity index (χ1n) is 10.1. The summed E-state index contributed by atoms with van der Waals surface area (Å²) in [6.45, 7) is 0.335. The molecule has 4 rings (SSSR count). The zero-order valence-corrected chi connectivity index (χ0v) is 17.0. The highest BCUT2D eigenvalue weighted by Gasteiger charge is 2.28. The molecule has 0 atom stereocenters. The van der Waals surface area contributed by atoms with Gasteiger partial charge in [0.25, 0.3) is 11.8 Å². The van der Waals surface area contributed by atoms with Gasteiger partial charge in [0.15, 0.2) is 0 Å². The fourth-order valence-corrected chi connectivity index (χ4v) is 3.99. The first kappa shape index (κ1) is 21.0. The van der Waals surface area contributed by atoms with Crippen LogP contribution in [-0.4, -0.2) is 29.5 Å². The molecule has 1 aromatic heterocycles. The first-order chi connectivity index (χ1) is 14.7. The molecule has 5 nitrogen and oxygen atoms in total. The van der Waals surface area contributed by atoms with Crippen molar-refractivity contribution in [1.29, 1.82) is 0 Å². The molecule has 0 saturated heterocycles. The lowest BCUT2D eigenvalue weighted by Crippen LogP contribution is -2.33. The van der Waals surface area contributed by atoms with E-state index in [0.29, 0.717) is 16.8 Å². The molecule has 0 aliphatic heterocycles. The van der Waals surface area contributed by atoms with Gasteiger partial charge in [-0.15, -0.1) is 0 Å². The molecule has 1 aliphatic carbocycles. The molecule has 0 saturated carbocycles. The van der Waals surface area contributed by atoms with E-state index in [1.54, 1.807) is 19.1 Å². The molecular weight excluding hydrogens is 407 g/mol. The van der Waals surface area contributed by atoms with Gasteiger partial charge in [-0.3, -0.25) is 9.59 Å². The van der Waals surface area contributed by atoms with Gasteiger partial charge >= 0.3 is 6.18 Å². The van der Waals surface area contributed by atoms with Crippen LogP contribution in [0.15, 0.2) is 36.4 Å².